The molecule has 0 unspecified atom stereocenters. The summed E-state index contributed by atoms with van der Waals surface area (Å²) >= 11 is 0. The average molecular weight is 521 g/mol. The number of benzene rings is 1. The first-order valence-electron chi connectivity index (χ1n) is 9.98. The van der Waals surface area contributed by atoms with Gasteiger partial charge in [-0.25, -0.2) is 4.68 Å². The molecule has 1 aliphatic rings. The Morgan fingerprint density at radius 3 is 2.57 bits per heavy atom. The van der Waals surface area contributed by atoms with Gasteiger partial charge in [0.15, 0.2) is 5.96 Å². The van der Waals surface area contributed by atoms with Gasteiger partial charge in [0.1, 0.15) is 6.26 Å². The molecule has 0 bridgehead atoms. The van der Waals surface area contributed by atoms with Crippen LogP contribution in [0.1, 0.15) is 11.3 Å². The fourth-order valence-corrected chi connectivity index (χ4v) is 3.55. The van der Waals surface area contributed by atoms with Crippen molar-refractivity contribution in [3.8, 4) is 5.69 Å². The Morgan fingerprint density at radius 2 is 1.93 bits per heavy atom. The third-order valence-corrected chi connectivity index (χ3v) is 5.16. The van der Waals surface area contributed by atoms with Crippen LogP contribution in [0, 0.1) is 0 Å². The van der Waals surface area contributed by atoms with Gasteiger partial charge in [-0.05, 0) is 30.2 Å². The summed E-state index contributed by atoms with van der Waals surface area (Å²) in [6.45, 7) is 5.58. The monoisotopic (exact) mass is 521 g/mol. The topological polar surface area (TPSA) is 74.7 Å². The predicted octanol–water partition coefficient (Wildman–Crippen LogP) is 2.41. The summed E-state index contributed by atoms with van der Waals surface area (Å²) in [5.74, 6) is 0.972. The minimum atomic E-state index is 0. The number of hydrogen-bond donors (Lipinski definition) is 1. The van der Waals surface area contributed by atoms with Gasteiger partial charge in [-0.3, -0.25) is 9.89 Å². The first kappa shape index (κ1) is 22.3. The summed E-state index contributed by atoms with van der Waals surface area (Å²) in [7, 11) is 1.85. The van der Waals surface area contributed by atoms with Crippen LogP contribution in [0.2, 0.25) is 0 Å². The number of piperazine rings is 1. The molecule has 8 nitrogen and oxygen atoms in total. The highest BCUT2D eigenvalue weighted by Crippen LogP contribution is 2.10. The molecule has 1 fully saturated rings. The van der Waals surface area contributed by atoms with E-state index in [0.717, 1.165) is 63.0 Å². The van der Waals surface area contributed by atoms with Gasteiger partial charge in [-0.1, -0.05) is 17.3 Å². The largest absolute Gasteiger partial charge is 0.364 e. The van der Waals surface area contributed by atoms with Crippen molar-refractivity contribution in [2.45, 2.75) is 13.0 Å². The Balaban J connectivity index is 0.00000256. The number of rotatable bonds is 6. The van der Waals surface area contributed by atoms with Crippen molar-refractivity contribution in [2.24, 2.45) is 4.99 Å². The van der Waals surface area contributed by atoms with Crippen LogP contribution in [-0.4, -0.2) is 70.5 Å². The van der Waals surface area contributed by atoms with Gasteiger partial charge >= 0.3 is 0 Å². The zero-order valence-electron chi connectivity index (χ0n) is 17.1. The van der Waals surface area contributed by atoms with Crippen molar-refractivity contribution in [3.05, 3.63) is 66.3 Å². The van der Waals surface area contributed by atoms with Crippen molar-refractivity contribution < 1.29 is 4.52 Å². The highest BCUT2D eigenvalue weighted by molar-refractivity contribution is 14.0. The fraction of sp³-hybridized carbons (Fsp3) is 0.381. The second kappa shape index (κ2) is 11.1. The summed E-state index contributed by atoms with van der Waals surface area (Å²) in [5, 5.41) is 11.8. The summed E-state index contributed by atoms with van der Waals surface area (Å²) < 4.78 is 6.79. The van der Waals surface area contributed by atoms with Crippen LogP contribution in [0.25, 0.3) is 5.69 Å². The lowest BCUT2D eigenvalue weighted by Gasteiger charge is -2.36. The van der Waals surface area contributed by atoms with Crippen molar-refractivity contribution in [1.29, 1.82) is 0 Å². The van der Waals surface area contributed by atoms with Gasteiger partial charge < -0.3 is 14.7 Å². The Hall–Kier alpha value is -2.40. The first-order valence-corrected chi connectivity index (χ1v) is 9.98. The smallest absolute Gasteiger partial charge is 0.193 e. The maximum absolute atomic E-state index is 4.92. The van der Waals surface area contributed by atoms with Crippen molar-refractivity contribution in [2.75, 3.05) is 39.8 Å². The Labute approximate surface area is 194 Å². The summed E-state index contributed by atoms with van der Waals surface area (Å²) in [5.41, 5.74) is 3.35. The van der Waals surface area contributed by atoms with Crippen LogP contribution in [0.4, 0.5) is 0 Å². The number of hydrogen-bond acceptors (Lipinski definition) is 5. The van der Waals surface area contributed by atoms with E-state index in [2.05, 4.69) is 54.6 Å². The quantitative estimate of drug-likeness (QED) is 0.305. The molecule has 3 aromatic rings. The minimum Gasteiger partial charge on any atom is -0.364 e. The van der Waals surface area contributed by atoms with E-state index in [9.17, 15) is 0 Å². The average Bonchev–Trinajstić information content (AvgIpc) is 3.47. The number of aliphatic imine (C=N–C) groups is 1. The summed E-state index contributed by atoms with van der Waals surface area (Å²) in [6.07, 6.45) is 6.32. The lowest BCUT2D eigenvalue weighted by Crippen LogP contribution is -2.52. The Kier molecular flexibility index (Phi) is 8.26. The molecular formula is C21H28IN7O. The maximum Gasteiger partial charge on any atom is 0.193 e. The molecule has 0 spiro atoms. The van der Waals surface area contributed by atoms with E-state index >= 15 is 0 Å². The van der Waals surface area contributed by atoms with Crippen molar-refractivity contribution in [3.63, 3.8) is 0 Å². The van der Waals surface area contributed by atoms with Gasteiger partial charge in [0.25, 0.3) is 0 Å². The van der Waals surface area contributed by atoms with E-state index in [-0.39, 0.29) is 24.0 Å². The summed E-state index contributed by atoms with van der Waals surface area (Å²) in [4.78, 5) is 9.18. The molecule has 0 amide bonds. The molecule has 1 N–H and O–H groups in total. The minimum absolute atomic E-state index is 0. The number of nitrogens with one attached hydrogen (secondary N) is 1. The standard InChI is InChI=1S/C21H27N7O.HI/c1-22-21(27-14-12-26(13-15-27)17-19-8-16-29-25-19)23-10-7-18-3-5-20(6-4-18)28-11-2-9-24-28;/h2-6,8-9,11,16H,7,10,12-15,17H2,1H3,(H,22,23);1H. The zero-order chi connectivity index (χ0) is 19.9. The molecule has 1 saturated heterocycles. The molecule has 160 valence electrons. The molecule has 0 aliphatic carbocycles. The first-order chi connectivity index (χ1) is 14.3. The van der Waals surface area contributed by atoms with Crippen molar-refractivity contribution >= 4 is 29.9 Å². The van der Waals surface area contributed by atoms with E-state index in [1.807, 2.05) is 30.1 Å². The number of nitrogens with zero attached hydrogens (tertiary/aromatic N) is 6. The van der Waals surface area contributed by atoms with Gasteiger partial charge in [0, 0.05) is 64.8 Å². The highest BCUT2D eigenvalue weighted by atomic mass is 127. The van der Waals surface area contributed by atoms with E-state index in [4.69, 9.17) is 4.52 Å². The van der Waals surface area contributed by atoms with Crippen molar-refractivity contribution in [1.82, 2.24) is 30.1 Å². The lowest BCUT2D eigenvalue weighted by molar-refractivity contribution is 0.169. The Morgan fingerprint density at radius 1 is 1.13 bits per heavy atom. The zero-order valence-corrected chi connectivity index (χ0v) is 19.5. The normalized spacial score (nSPS) is 15.1. The van der Waals surface area contributed by atoms with Crippen LogP contribution in [0.15, 0.2) is 64.6 Å². The number of aromatic nitrogens is 3. The molecular weight excluding hydrogens is 493 g/mol. The fourth-order valence-electron chi connectivity index (χ4n) is 3.55. The molecule has 0 saturated carbocycles. The molecule has 30 heavy (non-hydrogen) atoms. The third-order valence-electron chi connectivity index (χ3n) is 5.16. The van der Waals surface area contributed by atoms with Gasteiger partial charge in [0.05, 0.1) is 11.4 Å². The molecule has 9 heteroatoms. The number of halogens is 1. The molecule has 4 rings (SSSR count). The SMILES string of the molecule is CN=C(NCCc1ccc(-n2cccn2)cc1)N1CCN(Cc2ccon2)CC1.I. The van der Waals surface area contributed by atoms with Gasteiger partial charge in [-0.2, -0.15) is 5.10 Å². The Bertz CT molecular complexity index is 886. The highest BCUT2D eigenvalue weighted by Gasteiger charge is 2.20. The van der Waals surface area contributed by atoms with Gasteiger partial charge in [-0.15, -0.1) is 24.0 Å². The molecule has 3 heterocycles. The molecule has 1 aromatic carbocycles. The molecule has 2 aromatic heterocycles. The van der Waals surface area contributed by atoms with E-state index in [1.54, 1.807) is 12.5 Å². The van der Waals surface area contributed by atoms with Crippen LogP contribution >= 0.6 is 24.0 Å². The summed E-state index contributed by atoms with van der Waals surface area (Å²) in [6, 6.07) is 12.4. The number of guanidine groups is 1. The van der Waals surface area contributed by atoms with Crippen LogP contribution in [-0.2, 0) is 13.0 Å². The molecule has 1 aliphatic heterocycles. The molecule has 0 radical (unpaired) electrons. The van der Waals surface area contributed by atoms with Gasteiger partial charge in [0.2, 0.25) is 0 Å². The van der Waals surface area contributed by atoms with Crippen LogP contribution < -0.4 is 5.32 Å². The van der Waals surface area contributed by atoms with E-state index in [1.165, 1.54) is 5.56 Å². The second-order valence-electron chi connectivity index (χ2n) is 7.10. The van der Waals surface area contributed by atoms with Crippen LogP contribution in [0.3, 0.4) is 0 Å². The predicted molar refractivity (Wildman–Crippen MR) is 127 cm³/mol. The lowest BCUT2D eigenvalue weighted by atomic mass is 10.1. The third kappa shape index (κ3) is 5.82. The molecule has 0 atom stereocenters. The van der Waals surface area contributed by atoms with E-state index in [0.29, 0.717) is 0 Å². The maximum atomic E-state index is 4.92. The second-order valence-corrected chi connectivity index (χ2v) is 7.10. The van der Waals surface area contributed by atoms with Crippen LogP contribution in [0.5, 0.6) is 0 Å². The van der Waals surface area contributed by atoms with E-state index < -0.39 is 0 Å².